The molecule has 0 aromatic heterocycles. The number of benzene rings is 1. The van der Waals surface area contributed by atoms with E-state index in [1.807, 2.05) is 18.2 Å². The molecule has 7 heteroatoms. The van der Waals surface area contributed by atoms with Crippen molar-refractivity contribution < 1.29 is 4.79 Å². The van der Waals surface area contributed by atoms with Gasteiger partial charge in [-0.15, -0.1) is 0 Å². The maximum absolute atomic E-state index is 11.5. The lowest BCUT2D eigenvalue weighted by molar-refractivity contribution is -0.128. The molecule has 0 aliphatic rings. The number of rotatable bonds is 4. The lowest BCUT2D eigenvalue weighted by Crippen LogP contribution is -2.26. The summed E-state index contributed by atoms with van der Waals surface area (Å²) in [5, 5.41) is 0. The largest absolute Gasteiger partial charge is 0.370 e. The van der Waals surface area contributed by atoms with Gasteiger partial charge in [-0.1, -0.05) is 12.1 Å². The van der Waals surface area contributed by atoms with Gasteiger partial charge in [-0.25, -0.2) is 4.99 Å². The minimum Gasteiger partial charge on any atom is -0.370 e. The number of aryl methyl sites for hydroxylation is 1. The normalized spacial score (nSPS) is 11.0. The lowest BCUT2D eigenvalue weighted by atomic mass is 10.1. The third-order valence-corrected chi connectivity index (χ3v) is 2.52. The van der Waals surface area contributed by atoms with E-state index in [0.717, 1.165) is 5.56 Å². The van der Waals surface area contributed by atoms with Crippen molar-refractivity contribution in [1.82, 2.24) is 4.90 Å². The Hall–Kier alpha value is -2.57. The molecular weight excluding hydrogens is 256 g/mol. The van der Waals surface area contributed by atoms with Gasteiger partial charge in [-0.3, -0.25) is 4.79 Å². The molecular formula is C13H20N6O. The Morgan fingerprint density at radius 3 is 2.55 bits per heavy atom. The highest BCUT2D eigenvalue weighted by Crippen LogP contribution is 2.15. The van der Waals surface area contributed by atoms with Crippen molar-refractivity contribution in [2.45, 2.75) is 12.8 Å². The van der Waals surface area contributed by atoms with Crippen LogP contribution in [0.5, 0.6) is 0 Å². The van der Waals surface area contributed by atoms with Crippen molar-refractivity contribution in [2.75, 3.05) is 14.1 Å². The molecule has 0 atom stereocenters. The van der Waals surface area contributed by atoms with Gasteiger partial charge in [0.2, 0.25) is 11.9 Å². The highest BCUT2D eigenvalue weighted by atomic mass is 16.2. The standard InChI is InChI=1S/C13H20N6O/c1-19(2)11(20)7-6-9-4-3-5-10(8-9)17-13(16)18-12(14)15/h3-5,8H,6-7H2,1-2H3,(H6,14,15,16,17,18). The molecule has 0 saturated carbocycles. The number of nitrogens with zero attached hydrogens (tertiary/aromatic N) is 3. The Morgan fingerprint density at radius 1 is 1.25 bits per heavy atom. The summed E-state index contributed by atoms with van der Waals surface area (Å²) in [5.41, 5.74) is 17.6. The average molecular weight is 276 g/mol. The van der Waals surface area contributed by atoms with E-state index in [1.165, 1.54) is 0 Å². The second kappa shape index (κ2) is 7.13. The molecule has 1 aromatic carbocycles. The third-order valence-electron chi connectivity index (χ3n) is 2.52. The Labute approximate surface area is 118 Å². The predicted molar refractivity (Wildman–Crippen MR) is 80.5 cm³/mol. The Balaban J connectivity index is 2.76. The van der Waals surface area contributed by atoms with Gasteiger partial charge in [0, 0.05) is 20.5 Å². The van der Waals surface area contributed by atoms with Gasteiger partial charge in [0.15, 0.2) is 5.96 Å². The molecule has 6 N–H and O–H groups in total. The molecule has 20 heavy (non-hydrogen) atoms. The second-order valence-corrected chi connectivity index (χ2v) is 4.46. The molecule has 0 unspecified atom stereocenters. The van der Waals surface area contributed by atoms with Crippen LogP contribution in [0.1, 0.15) is 12.0 Å². The van der Waals surface area contributed by atoms with Crippen LogP contribution in [0.3, 0.4) is 0 Å². The van der Waals surface area contributed by atoms with Crippen molar-refractivity contribution >= 4 is 23.5 Å². The van der Waals surface area contributed by atoms with Crippen LogP contribution in [0.25, 0.3) is 0 Å². The highest BCUT2D eigenvalue weighted by molar-refractivity contribution is 5.93. The van der Waals surface area contributed by atoms with Gasteiger partial charge in [-0.05, 0) is 24.1 Å². The van der Waals surface area contributed by atoms with E-state index in [4.69, 9.17) is 17.2 Å². The number of aliphatic imine (C=N–C) groups is 2. The molecule has 1 aromatic rings. The van der Waals surface area contributed by atoms with E-state index in [-0.39, 0.29) is 17.8 Å². The van der Waals surface area contributed by atoms with Crippen molar-refractivity contribution in [3.05, 3.63) is 29.8 Å². The summed E-state index contributed by atoms with van der Waals surface area (Å²) in [6.07, 6.45) is 1.09. The molecule has 7 nitrogen and oxygen atoms in total. The van der Waals surface area contributed by atoms with Gasteiger partial charge >= 0.3 is 0 Å². The van der Waals surface area contributed by atoms with E-state index < -0.39 is 0 Å². The van der Waals surface area contributed by atoms with Crippen LogP contribution in [0.15, 0.2) is 34.3 Å². The zero-order chi connectivity index (χ0) is 15.1. The van der Waals surface area contributed by atoms with Crippen molar-refractivity contribution in [1.29, 1.82) is 0 Å². The highest BCUT2D eigenvalue weighted by Gasteiger charge is 2.04. The summed E-state index contributed by atoms with van der Waals surface area (Å²) in [5.74, 6) is -0.0653. The number of hydrogen-bond acceptors (Lipinski definition) is 2. The first kappa shape index (κ1) is 15.5. The number of amides is 1. The zero-order valence-corrected chi connectivity index (χ0v) is 11.7. The van der Waals surface area contributed by atoms with Gasteiger partial charge in [0.05, 0.1) is 5.69 Å². The maximum Gasteiger partial charge on any atom is 0.223 e. The smallest absolute Gasteiger partial charge is 0.223 e. The summed E-state index contributed by atoms with van der Waals surface area (Å²) in [6.45, 7) is 0. The van der Waals surface area contributed by atoms with Crippen molar-refractivity contribution in [3.8, 4) is 0 Å². The van der Waals surface area contributed by atoms with Crippen LogP contribution in [-0.4, -0.2) is 36.8 Å². The molecule has 0 spiro atoms. The van der Waals surface area contributed by atoms with Crippen LogP contribution in [0.4, 0.5) is 5.69 Å². The minimum absolute atomic E-state index is 0.00785. The fourth-order valence-electron chi connectivity index (χ4n) is 1.55. The lowest BCUT2D eigenvalue weighted by Gasteiger charge is -2.09. The molecule has 0 aliphatic carbocycles. The van der Waals surface area contributed by atoms with Crippen LogP contribution >= 0.6 is 0 Å². The van der Waals surface area contributed by atoms with Crippen LogP contribution in [-0.2, 0) is 11.2 Å². The molecule has 0 fully saturated rings. The molecule has 1 amide bonds. The summed E-state index contributed by atoms with van der Waals surface area (Å²) in [4.78, 5) is 20.8. The van der Waals surface area contributed by atoms with E-state index in [9.17, 15) is 4.79 Å². The molecule has 0 radical (unpaired) electrons. The second-order valence-electron chi connectivity index (χ2n) is 4.46. The van der Waals surface area contributed by atoms with E-state index in [1.54, 1.807) is 25.1 Å². The topological polar surface area (TPSA) is 123 Å². The SMILES string of the molecule is CN(C)C(=O)CCc1cccc(N=C(N)N=C(N)N)c1. The number of carbonyl (C=O) groups excluding carboxylic acids is 1. The van der Waals surface area contributed by atoms with Crippen molar-refractivity contribution in [3.63, 3.8) is 0 Å². The number of nitrogens with two attached hydrogens (primary N) is 3. The van der Waals surface area contributed by atoms with Crippen LogP contribution in [0.2, 0.25) is 0 Å². The number of carbonyl (C=O) groups is 1. The van der Waals surface area contributed by atoms with Crippen molar-refractivity contribution in [2.24, 2.45) is 27.2 Å². The quantitative estimate of drug-likeness (QED) is 0.526. The molecule has 108 valence electrons. The summed E-state index contributed by atoms with van der Waals surface area (Å²) in [7, 11) is 3.47. The van der Waals surface area contributed by atoms with Gasteiger partial charge < -0.3 is 22.1 Å². The Morgan fingerprint density at radius 2 is 1.95 bits per heavy atom. The van der Waals surface area contributed by atoms with Crippen LogP contribution in [0, 0.1) is 0 Å². The van der Waals surface area contributed by atoms with Gasteiger partial charge in [0.25, 0.3) is 0 Å². The summed E-state index contributed by atoms with van der Waals surface area (Å²) < 4.78 is 0. The van der Waals surface area contributed by atoms with E-state index >= 15 is 0 Å². The molecule has 0 heterocycles. The zero-order valence-electron chi connectivity index (χ0n) is 11.7. The summed E-state index contributed by atoms with van der Waals surface area (Å²) in [6, 6.07) is 7.40. The fourth-order valence-corrected chi connectivity index (χ4v) is 1.55. The fraction of sp³-hybridized carbons (Fsp3) is 0.308. The van der Waals surface area contributed by atoms with Gasteiger partial charge in [-0.2, -0.15) is 4.99 Å². The first-order valence-electron chi connectivity index (χ1n) is 6.11. The summed E-state index contributed by atoms with van der Waals surface area (Å²) >= 11 is 0. The predicted octanol–water partition coefficient (Wildman–Crippen LogP) is -0.0730. The minimum atomic E-state index is -0.140. The number of hydrogen-bond donors (Lipinski definition) is 3. The monoisotopic (exact) mass is 276 g/mol. The molecule has 0 bridgehead atoms. The number of guanidine groups is 2. The average Bonchev–Trinajstić information content (AvgIpc) is 2.35. The third kappa shape index (κ3) is 5.38. The Kier molecular flexibility index (Phi) is 5.52. The van der Waals surface area contributed by atoms with Crippen LogP contribution < -0.4 is 17.2 Å². The van der Waals surface area contributed by atoms with E-state index in [0.29, 0.717) is 18.5 Å². The molecule has 0 aliphatic heterocycles. The van der Waals surface area contributed by atoms with E-state index in [2.05, 4.69) is 9.98 Å². The maximum atomic E-state index is 11.5. The first-order valence-corrected chi connectivity index (χ1v) is 6.11. The molecule has 1 rings (SSSR count). The van der Waals surface area contributed by atoms with Gasteiger partial charge in [0.1, 0.15) is 0 Å². The Bertz CT molecular complexity index is 531. The molecule has 0 saturated heterocycles. The first-order chi connectivity index (χ1) is 9.38.